The van der Waals surface area contributed by atoms with E-state index < -0.39 is 0 Å². The van der Waals surface area contributed by atoms with Crippen LogP contribution in [0.1, 0.15) is 23.6 Å². The van der Waals surface area contributed by atoms with Crippen LogP contribution in [0.5, 0.6) is 0 Å². The van der Waals surface area contributed by atoms with Crippen molar-refractivity contribution in [2.75, 3.05) is 6.54 Å². The lowest BCUT2D eigenvalue weighted by Gasteiger charge is -2.04. The summed E-state index contributed by atoms with van der Waals surface area (Å²) in [5, 5.41) is 0. The lowest BCUT2D eigenvalue weighted by Crippen LogP contribution is -2.10. The molecule has 1 aromatic heterocycles. The lowest BCUT2D eigenvalue weighted by atomic mass is 10.1. The van der Waals surface area contributed by atoms with E-state index in [1.165, 1.54) is 17.7 Å². The van der Waals surface area contributed by atoms with Gasteiger partial charge >= 0.3 is 0 Å². The van der Waals surface area contributed by atoms with Crippen molar-refractivity contribution in [3.63, 3.8) is 0 Å². The van der Waals surface area contributed by atoms with E-state index in [4.69, 9.17) is 5.73 Å². The molecule has 1 aromatic rings. The van der Waals surface area contributed by atoms with Crippen molar-refractivity contribution in [1.29, 1.82) is 0 Å². The van der Waals surface area contributed by atoms with Crippen LogP contribution in [-0.4, -0.2) is 11.5 Å². The molecule has 1 atom stereocenters. The molecule has 0 aromatic carbocycles. The first-order valence-corrected chi connectivity index (χ1v) is 4.05. The van der Waals surface area contributed by atoms with Crippen molar-refractivity contribution < 1.29 is 0 Å². The molecule has 0 aliphatic heterocycles. The van der Waals surface area contributed by atoms with Crippen molar-refractivity contribution in [3.05, 3.63) is 29.6 Å². The molecule has 0 radical (unpaired) electrons. The van der Waals surface area contributed by atoms with Gasteiger partial charge in [0.1, 0.15) is 0 Å². The molecule has 58 valence electrons. The molecule has 11 heavy (non-hydrogen) atoms. The second-order valence-electron chi connectivity index (χ2n) is 3.02. The Morgan fingerprint density at radius 2 is 2.55 bits per heavy atom. The third-order valence-corrected chi connectivity index (χ3v) is 2.36. The van der Waals surface area contributed by atoms with E-state index in [2.05, 4.69) is 11.1 Å². The Morgan fingerprint density at radius 3 is 3.36 bits per heavy atom. The molecule has 0 bridgehead atoms. The lowest BCUT2D eigenvalue weighted by molar-refractivity contribution is 0.674. The molecule has 2 heteroatoms. The summed E-state index contributed by atoms with van der Waals surface area (Å²) in [6.07, 6.45) is 4.20. The first-order chi connectivity index (χ1) is 5.42. The highest BCUT2D eigenvalue weighted by molar-refractivity contribution is 5.28. The van der Waals surface area contributed by atoms with Crippen molar-refractivity contribution in [1.82, 2.24) is 4.98 Å². The largest absolute Gasteiger partial charge is 0.330 e. The van der Waals surface area contributed by atoms with Gasteiger partial charge in [-0.2, -0.15) is 0 Å². The van der Waals surface area contributed by atoms with Gasteiger partial charge in [-0.15, -0.1) is 0 Å². The summed E-state index contributed by atoms with van der Waals surface area (Å²) in [6, 6.07) is 4.15. The summed E-state index contributed by atoms with van der Waals surface area (Å²) in [5.41, 5.74) is 8.23. The monoisotopic (exact) mass is 148 g/mol. The summed E-state index contributed by atoms with van der Waals surface area (Å²) in [6.45, 7) is 0.740. The van der Waals surface area contributed by atoms with E-state index in [1.54, 1.807) is 0 Å². The highest BCUT2D eigenvalue weighted by Crippen LogP contribution is 2.29. The van der Waals surface area contributed by atoms with Crippen LogP contribution in [0.3, 0.4) is 0 Å². The normalized spacial score (nSPS) is 21.7. The third kappa shape index (κ3) is 1.03. The summed E-state index contributed by atoms with van der Waals surface area (Å²) < 4.78 is 0. The number of fused-ring (bicyclic) bond motifs is 1. The third-order valence-electron chi connectivity index (χ3n) is 2.36. The maximum atomic E-state index is 5.61. The van der Waals surface area contributed by atoms with Gasteiger partial charge < -0.3 is 5.73 Å². The summed E-state index contributed by atoms with van der Waals surface area (Å²) >= 11 is 0. The average molecular weight is 148 g/mol. The maximum absolute atomic E-state index is 5.61. The van der Waals surface area contributed by atoms with Gasteiger partial charge in [0.2, 0.25) is 0 Å². The first kappa shape index (κ1) is 6.80. The molecule has 0 saturated heterocycles. The Labute approximate surface area is 66.4 Å². The number of aromatic nitrogens is 1. The van der Waals surface area contributed by atoms with Gasteiger partial charge in [0, 0.05) is 24.4 Å². The molecule has 0 unspecified atom stereocenters. The number of pyridine rings is 1. The summed E-state index contributed by atoms with van der Waals surface area (Å²) in [4.78, 5) is 4.33. The average Bonchev–Trinajstić information content (AvgIpc) is 2.47. The highest BCUT2D eigenvalue weighted by atomic mass is 14.7. The minimum absolute atomic E-state index is 0.520. The molecule has 2 nitrogen and oxygen atoms in total. The maximum Gasteiger partial charge on any atom is 0.0479 e. The molecule has 0 saturated carbocycles. The zero-order valence-electron chi connectivity index (χ0n) is 6.46. The molecule has 1 heterocycles. The number of hydrogen-bond donors (Lipinski definition) is 1. The number of aryl methyl sites for hydroxylation is 1. The van der Waals surface area contributed by atoms with Crippen LogP contribution in [0.4, 0.5) is 0 Å². The molecule has 0 amide bonds. The van der Waals surface area contributed by atoms with Crippen LogP contribution >= 0.6 is 0 Å². The number of hydrogen-bond acceptors (Lipinski definition) is 2. The SMILES string of the molecule is NC[C@H]1CCc2cccnc21. The Bertz CT molecular complexity index is 257. The Kier molecular flexibility index (Phi) is 1.62. The van der Waals surface area contributed by atoms with Crippen LogP contribution in [-0.2, 0) is 6.42 Å². The van der Waals surface area contributed by atoms with Crippen LogP contribution < -0.4 is 5.73 Å². The molecular formula is C9H12N2. The van der Waals surface area contributed by atoms with Crippen LogP contribution in [0.15, 0.2) is 18.3 Å². The fraction of sp³-hybridized carbons (Fsp3) is 0.444. The quantitative estimate of drug-likeness (QED) is 0.647. The van der Waals surface area contributed by atoms with E-state index in [-0.39, 0.29) is 0 Å². The molecule has 0 spiro atoms. The van der Waals surface area contributed by atoms with E-state index in [9.17, 15) is 0 Å². The highest BCUT2D eigenvalue weighted by Gasteiger charge is 2.21. The minimum Gasteiger partial charge on any atom is -0.330 e. The van der Waals surface area contributed by atoms with E-state index in [0.29, 0.717) is 5.92 Å². The smallest absolute Gasteiger partial charge is 0.0479 e. The van der Waals surface area contributed by atoms with Crippen molar-refractivity contribution in [3.8, 4) is 0 Å². The van der Waals surface area contributed by atoms with Gasteiger partial charge in [0.15, 0.2) is 0 Å². The van der Waals surface area contributed by atoms with Crippen LogP contribution in [0, 0.1) is 0 Å². The van der Waals surface area contributed by atoms with E-state index in [0.717, 1.165) is 13.0 Å². The van der Waals surface area contributed by atoms with Gasteiger partial charge in [-0.1, -0.05) is 6.07 Å². The standard InChI is InChI=1S/C9H12N2/c10-6-8-4-3-7-2-1-5-11-9(7)8/h1-2,5,8H,3-4,6,10H2/t8-/m1/s1. The topological polar surface area (TPSA) is 38.9 Å². The molecule has 2 N–H and O–H groups in total. The molecular weight excluding hydrogens is 136 g/mol. The Balaban J connectivity index is 2.39. The second-order valence-corrected chi connectivity index (χ2v) is 3.02. The molecule has 1 aliphatic rings. The van der Waals surface area contributed by atoms with E-state index >= 15 is 0 Å². The first-order valence-electron chi connectivity index (χ1n) is 4.05. The fourth-order valence-corrected chi connectivity index (χ4v) is 1.73. The van der Waals surface area contributed by atoms with Gasteiger partial charge in [-0.05, 0) is 24.5 Å². The number of nitrogens with two attached hydrogens (primary N) is 1. The predicted molar refractivity (Wildman–Crippen MR) is 44.4 cm³/mol. The van der Waals surface area contributed by atoms with Crippen LogP contribution in [0.2, 0.25) is 0 Å². The fourth-order valence-electron chi connectivity index (χ4n) is 1.73. The molecule has 2 rings (SSSR count). The van der Waals surface area contributed by atoms with Crippen LogP contribution in [0.25, 0.3) is 0 Å². The Morgan fingerprint density at radius 1 is 1.64 bits per heavy atom. The zero-order chi connectivity index (χ0) is 7.68. The zero-order valence-corrected chi connectivity index (χ0v) is 6.46. The Hall–Kier alpha value is -0.890. The number of nitrogens with zero attached hydrogens (tertiary/aromatic N) is 1. The van der Waals surface area contributed by atoms with Gasteiger partial charge in [-0.25, -0.2) is 0 Å². The number of rotatable bonds is 1. The van der Waals surface area contributed by atoms with Gasteiger partial charge in [0.05, 0.1) is 0 Å². The van der Waals surface area contributed by atoms with Crippen molar-refractivity contribution >= 4 is 0 Å². The van der Waals surface area contributed by atoms with Crippen molar-refractivity contribution in [2.24, 2.45) is 5.73 Å². The second kappa shape index (κ2) is 2.62. The van der Waals surface area contributed by atoms with Crippen molar-refractivity contribution in [2.45, 2.75) is 18.8 Å². The molecule has 1 aliphatic carbocycles. The minimum atomic E-state index is 0.520. The summed E-state index contributed by atoms with van der Waals surface area (Å²) in [7, 11) is 0. The molecule has 0 fully saturated rings. The summed E-state index contributed by atoms with van der Waals surface area (Å²) in [5.74, 6) is 0.520. The predicted octanol–water partition coefficient (Wildman–Crippen LogP) is 1.07. The van der Waals surface area contributed by atoms with E-state index in [1.807, 2.05) is 12.3 Å². The van der Waals surface area contributed by atoms with Gasteiger partial charge in [0.25, 0.3) is 0 Å². The van der Waals surface area contributed by atoms with Gasteiger partial charge in [-0.3, -0.25) is 4.98 Å².